The topological polar surface area (TPSA) is 88.5 Å². The Hall–Kier alpha value is -1.84. The summed E-state index contributed by atoms with van der Waals surface area (Å²) in [5.41, 5.74) is 0.110. The number of sulfonamides is 1. The maximum absolute atomic E-state index is 12.9. The summed E-state index contributed by atoms with van der Waals surface area (Å²) in [5, 5.41) is 3.00. The molecule has 2 aromatic rings. The fraction of sp³-hybridized carbons (Fsp3) is 0.500. The average Bonchev–Trinajstić information content (AvgIpc) is 2.69. The lowest BCUT2D eigenvalue weighted by Crippen LogP contribution is -2.30. The maximum Gasteiger partial charge on any atom is 0.256 e. The van der Waals surface area contributed by atoms with Gasteiger partial charge in [0.1, 0.15) is 5.56 Å². The highest BCUT2D eigenvalue weighted by atomic mass is 32.2. The Labute approximate surface area is 176 Å². The summed E-state index contributed by atoms with van der Waals surface area (Å²) in [6, 6.07) is 4.39. The van der Waals surface area contributed by atoms with Gasteiger partial charge in [-0.3, -0.25) is 9.59 Å². The quantitative estimate of drug-likeness (QED) is 0.575. The predicted octanol–water partition coefficient (Wildman–Crippen LogP) is 2.44. The average molecular weight is 440 g/mol. The van der Waals surface area contributed by atoms with Crippen LogP contribution in [0, 0.1) is 0 Å². The number of thioether (sulfide) groups is 1. The van der Waals surface area contributed by atoms with E-state index in [0.29, 0.717) is 12.1 Å². The molecule has 160 valence electrons. The second-order valence-electron chi connectivity index (χ2n) is 7.02. The molecule has 7 nitrogen and oxygen atoms in total. The van der Waals surface area contributed by atoms with Gasteiger partial charge in [-0.2, -0.15) is 11.8 Å². The van der Waals surface area contributed by atoms with Crippen LogP contribution in [0.1, 0.15) is 36.5 Å². The standard InChI is InChI=1S/C20H29N3O4S2/c1-5-6-11-28-12-7-10-21-20(25)17-14-23(4)18-9-8-15(13-16(18)19(17)24)29(26,27)22(2)3/h8-9,13-14H,5-7,10-12H2,1-4H3,(H,21,25). The van der Waals surface area contributed by atoms with Crippen molar-refractivity contribution in [3.63, 3.8) is 0 Å². The number of hydrogen-bond acceptors (Lipinski definition) is 5. The van der Waals surface area contributed by atoms with E-state index in [1.54, 1.807) is 17.7 Å². The van der Waals surface area contributed by atoms with Gasteiger partial charge in [-0.15, -0.1) is 0 Å². The van der Waals surface area contributed by atoms with Gasteiger partial charge in [-0.1, -0.05) is 13.3 Å². The monoisotopic (exact) mass is 439 g/mol. The van der Waals surface area contributed by atoms with Crippen LogP contribution in [0.3, 0.4) is 0 Å². The highest BCUT2D eigenvalue weighted by molar-refractivity contribution is 7.99. The number of carbonyl (C=O) groups is 1. The minimum absolute atomic E-state index is 0.0121. The number of amides is 1. The van der Waals surface area contributed by atoms with Crippen LogP contribution in [0.25, 0.3) is 10.9 Å². The number of fused-ring (bicyclic) bond motifs is 1. The van der Waals surface area contributed by atoms with Gasteiger partial charge in [-0.05, 0) is 42.5 Å². The molecule has 0 aliphatic carbocycles. The zero-order chi connectivity index (χ0) is 21.6. The number of nitrogens with one attached hydrogen (secondary N) is 1. The van der Waals surface area contributed by atoms with Crippen LogP contribution < -0.4 is 10.7 Å². The minimum atomic E-state index is -3.68. The number of rotatable bonds is 10. The Morgan fingerprint density at radius 2 is 1.90 bits per heavy atom. The van der Waals surface area contributed by atoms with Crippen LogP contribution in [-0.4, -0.2) is 55.3 Å². The van der Waals surface area contributed by atoms with Gasteiger partial charge in [0.15, 0.2) is 0 Å². The van der Waals surface area contributed by atoms with Gasteiger partial charge >= 0.3 is 0 Å². The number of hydrogen-bond donors (Lipinski definition) is 1. The molecule has 0 fully saturated rings. The Balaban J connectivity index is 2.23. The lowest BCUT2D eigenvalue weighted by atomic mass is 10.1. The fourth-order valence-corrected chi connectivity index (χ4v) is 4.80. The molecule has 1 heterocycles. The smallest absolute Gasteiger partial charge is 0.256 e. The van der Waals surface area contributed by atoms with Crippen LogP contribution in [-0.2, 0) is 17.1 Å². The number of benzene rings is 1. The molecule has 0 aliphatic heterocycles. The molecule has 0 aliphatic rings. The van der Waals surface area contributed by atoms with Gasteiger partial charge in [0, 0.05) is 39.3 Å². The van der Waals surface area contributed by atoms with Gasteiger partial charge < -0.3 is 9.88 Å². The Morgan fingerprint density at radius 3 is 2.55 bits per heavy atom. The zero-order valence-electron chi connectivity index (χ0n) is 17.4. The second kappa shape index (κ2) is 10.3. The predicted molar refractivity (Wildman–Crippen MR) is 119 cm³/mol. The molecule has 0 atom stereocenters. The summed E-state index contributed by atoms with van der Waals surface area (Å²) in [4.78, 5) is 25.4. The lowest BCUT2D eigenvalue weighted by Gasteiger charge is -2.14. The van der Waals surface area contributed by atoms with E-state index in [4.69, 9.17) is 0 Å². The Bertz CT molecular complexity index is 1030. The van der Waals surface area contributed by atoms with Gasteiger partial charge in [0.2, 0.25) is 15.5 Å². The molecule has 0 saturated carbocycles. The van der Waals surface area contributed by atoms with Crippen molar-refractivity contribution in [2.45, 2.75) is 31.1 Å². The summed E-state index contributed by atoms with van der Waals surface area (Å²) in [6.07, 6.45) is 4.69. The molecule has 1 amide bonds. The van der Waals surface area contributed by atoms with Crippen molar-refractivity contribution in [2.24, 2.45) is 7.05 Å². The minimum Gasteiger partial charge on any atom is -0.352 e. The molecule has 2 rings (SSSR count). The van der Waals surface area contributed by atoms with E-state index in [1.165, 1.54) is 45.3 Å². The van der Waals surface area contributed by atoms with Gasteiger partial charge in [0.25, 0.3) is 5.91 Å². The van der Waals surface area contributed by atoms with E-state index in [-0.39, 0.29) is 15.8 Å². The molecular formula is C20H29N3O4S2. The van der Waals surface area contributed by atoms with Crippen LogP contribution in [0.5, 0.6) is 0 Å². The largest absolute Gasteiger partial charge is 0.352 e. The van der Waals surface area contributed by atoms with Crippen LogP contribution >= 0.6 is 11.8 Å². The molecule has 1 aromatic carbocycles. The second-order valence-corrected chi connectivity index (χ2v) is 10.4. The number of carbonyl (C=O) groups excluding carboxylic acids is 1. The summed E-state index contributed by atoms with van der Waals surface area (Å²) >= 11 is 1.86. The van der Waals surface area contributed by atoms with Crippen molar-refractivity contribution in [1.29, 1.82) is 0 Å². The highest BCUT2D eigenvalue weighted by Gasteiger charge is 2.20. The van der Waals surface area contributed by atoms with Crippen LogP contribution in [0.2, 0.25) is 0 Å². The van der Waals surface area contributed by atoms with E-state index in [2.05, 4.69) is 12.2 Å². The fourth-order valence-electron chi connectivity index (χ4n) is 2.82. The van der Waals surface area contributed by atoms with Gasteiger partial charge in [-0.25, -0.2) is 12.7 Å². The third kappa shape index (κ3) is 5.61. The normalized spacial score (nSPS) is 11.9. The third-order valence-electron chi connectivity index (χ3n) is 4.58. The van der Waals surface area contributed by atoms with Crippen molar-refractivity contribution >= 4 is 38.6 Å². The summed E-state index contributed by atoms with van der Waals surface area (Å²) in [5.74, 6) is 1.64. The molecule has 0 unspecified atom stereocenters. The SMILES string of the molecule is CCCCSCCCNC(=O)c1cn(C)c2ccc(S(=O)(=O)N(C)C)cc2c1=O. The van der Waals surface area contributed by atoms with Crippen LogP contribution in [0.15, 0.2) is 34.1 Å². The summed E-state index contributed by atoms with van der Waals surface area (Å²) < 4.78 is 27.5. The maximum atomic E-state index is 12.9. The number of aryl methyl sites for hydroxylation is 1. The van der Waals surface area contributed by atoms with Crippen molar-refractivity contribution in [3.05, 3.63) is 40.2 Å². The van der Waals surface area contributed by atoms with Crippen molar-refractivity contribution in [2.75, 3.05) is 32.1 Å². The van der Waals surface area contributed by atoms with Crippen LogP contribution in [0.4, 0.5) is 0 Å². The molecule has 1 aromatic heterocycles. The molecule has 1 N–H and O–H groups in total. The summed E-state index contributed by atoms with van der Waals surface area (Å²) in [7, 11) is 0.914. The van der Waals surface area contributed by atoms with E-state index in [0.717, 1.165) is 22.2 Å². The number of unbranched alkanes of at least 4 members (excludes halogenated alkanes) is 1. The Morgan fingerprint density at radius 1 is 1.21 bits per heavy atom. The highest BCUT2D eigenvalue weighted by Crippen LogP contribution is 2.19. The number of nitrogens with zero attached hydrogens (tertiary/aromatic N) is 2. The first kappa shape index (κ1) is 23.4. The number of aromatic nitrogens is 1. The molecule has 29 heavy (non-hydrogen) atoms. The van der Waals surface area contributed by atoms with Crippen molar-refractivity contribution < 1.29 is 13.2 Å². The van der Waals surface area contributed by atoms with Crippen molar-refractivity contribution in [3.8, 4) is 0 Å². The molecule has 0 radical (unpaired) electrons. The van der Waals surface area contributed by atoms with E-state index in [1.807, 2.05) is 11.8 Å². The Kier molecular flexibility index (Phi) is 8.30. The first-order chi connectivity index (χ1) is 13.7. The molecular weight excluding hydrogens is 410 g/mol. The lowest BCUT2D eigenvalue weighted by molar-refractivity contribution is 0.0952. The zero-order valence-corrected chi connectivity index (χ0v) is 19.0. The van der Waals surface area contributed by atoms with E-state index < -0.39 is 21.4 Å². The van der Waals surface area contributed by atoms with Gasteiger partial charge in [0.05, 0.1) is 10.4 Å². The third-order valence-corrected chi connectivity index (χ3v) is 7.54. The molecule has 9 heteroatoms. The van der Waals surface area contributed by atoms with E-state index in [9.17, 15) is 18.0 Å². The molecule has 0 bridgehead atoms. The number of pyridine rings is 1. The van der Waals surface area contributed by atoms with Crippen molar-refractivity contribution in [1.82, 2.24) is 14.2 Å². The first-order valence-corrected chi connectivity index (χ1v) is 12.2. The summed E-state index contributed by atoms with van der Waals surface area (Å²) in [6.45, 7) is 2.65. The first-order valence-electron chi connectivity index (χ1n) is 9.62. The molecule has 0 spiro atoms. The molecule has 0 saturated heterocycles. The van der Waals surface area contributed by atoms with E-state index >= 15 is 0 Å².